The molecule has 2 aromatic rings. The van der Waals surface area contributed by atoms with E-state index in [1.165, 1.54) is 16.0 Å². The Balaban J connectivity index is 1.24. The van der Waals surface area contributed by atoms with Gasteiger partial charge in [0.15, 0.2) is 0 Å². The molecule has 0 saturated carbocycles. The number of morpholine rings is 1. The van der Waals surface area contributed by atoms with Crippen LogP contribution in [0.4, 0.5) is 0 Å². The second kappa shape index (κ2) is 10.7. The molecule has 158 valence electrons. The Bertz CT molecular complexity index is 733. The number of aliphatic hydroxyl groups is 1. The predicted molar refractivity (Wildman–Crippen MR) is 116 cm³/mol. The number of hydrogen-bond donors (Lipinski definition) is 2. The van der Waals surface area contributed by atoms with Crippen molar-refractivity contribution in [3.05, 3.63) is 57.8 Å². The lowest BCUT2D eigenvalue weighted by molar-refractivity contribution is -0.0180. The van der Waals surface area contributed by atoms with Crippen molar-refractivity contribution >= 4 is 11.3 Å². The van der Waals surface area contributed by atoms with Gasteiger partial charge in [0.2, 0.25) is 0 Å². The molecular formula is C23H32N2O3S. The third-order valence-corrected chi connectivity index (χ3v) is 6.85. The van der Waals surface area contributed by atoms with Crippen LogP contribution in [-0.4, -0.2) is 62.1 Å². The first-order valence-corrected chi connectivity index (χ1v) is 11.6. The third-order valence-electron chi connectivity index (χ3n) is 5.88. The molecule has 2 N–H and O–H groups in total. The minimum Gasteiger partial charge on any atom is -0.389 e. The molecular weight excluding hydrogens is 384 g/mol. The van der Waals surface area contributed by atoms with E-state index >= 15 is 0 Å². The highest BCUT2D eigenvalue weighted by atomic mass is 32.1. The maximum atomic E-state index is 10.5. The Hall–Kier alpha value is -1.28. The van der Waals surface area contributed by atoms with E-state index in [2.05, 4.69) is 52.0 Å². The fourth-order valence-corrected chi connectivity index (χ4v) is 5.20. The van der Waals surface area contributed by atoms with Gasteiger partial charge in [-0.05, 0) is 41.8 Å². The predicted octanol–water partition coefficient (Wildman–Crippen LogP) is 3.17. The van der Waals surface area contributed by atoms with Crippen molar-refractivity contribution in [2.24, 2.45) is 0 Å². The molecule has 3 atom stereocenters. The number of benzene rings is 1. The first-order valence-electron chi connectivity index (χ1n) is 10.7. The standard InChI is InChI=1S/C23H32N2O3S/c26-19(17-28-22-8-3-6-18-5-1-2-7-20(18)22)15-24-16-21(23-9-4-14-29-23)25-10-12-27-13-11-25/h1-2,4-5,7,9,14,19,21-22,24,26H,3,6,8,10-13,15-17H2. The number of aliphatic hydroxyl groups excluding tert-OH is 1. The summed E-state index contributed by atoms with van der Waals surface area (Å²) in [6, 6.07) is 13.2. The van der Waals surface area contributed by atoms with Crippen LogP contribution >= 0.6 is 11.3 Å². The van der Waals surface area contributed by atoms with Gasteiger partial charge < -0.3 is 19.9 Å². The average molecular weight is 417 g/mol. The fourth-order valence-electron chi connectivity index (χ4n) is 4.33. The van der Waals surface area contributed by atoms with Gasteiger partial charge in [0, 0.05) is 31.1 Å². The second-order valence-corrected chi connectivity index (χ2v) is 8.88. The van der Waals surface area contributed by atoms with Crippen molar-refractivity contribution < 1.29 is 14.6 Å². The molecule has 1 saturated heterocycles. The highest BCUT2D eigenvalue weighted by Gasteiger charge is 2.24. The van der Waals surface area contributed by atoms with Crippen LogP contribution in [-0.2, 0) is 15.9 Å². The van der Waals surface area contributed by atoms with E-state index < -0.39 is 6.10 Å². The zero-order valence-corrected chi connectivity index (χ0v) is 17.8. The molecule has 0 spiro atoms. The lowest BCUT2D eigenvalue weighted by Crippen LogP contribution is -2.44. The number of thiophene rings is 1. The average Bonchev–Trinajstić information content (AvgIpc) is 3.30. The molecule has 1 fully saturated rings. The SMILES string of the molecule is OC(CNCC(c1cccs1)N1CCOCC1)COC1CCCc2ccccc21. The van der Waals surface area contributed by atoms with Gasteiger partial charge in [-0.3, -0.25) is 4.90 Å². The molecule has 0 radical (unpaired) electrons. The molecule has 1 aliphatic heterocycles. The topological polar surface area (TPSA) is 54.0 Å². The van der Waals surface area contributed by atoms with Crippen LogP contribution in [0.5, 0.6) is 0 Å². The van der Waals surface area contributed by atoms with Crippen molar-refractivity contribution in [1.29, 1.82) is 0 Å². The molecule has 2 heterocycles. The molecule has 29 heavy (non-hydrogen) atoms. The number of ether oxygens (including phenoxy) is 2. The summed E-state index contributed by atoms with van der Waals surface area (Å²) < 4.78 is 11.6. The number of rotatable bonds is 9. The van der Waals surface area contributed by atoms with Crippen molar-refractivity contribution in [2.75, 3.05) is 46.0 Å². The normalized spacial score (nSPS) is 22.2. The molecule has 5 nitrogen and oxygen atoms in total. The van der Waals surface area contributed by atoms with E-state index in [0.29, 0.717) is 19.2 Å². The zero-order valence-electron chi connectivity index (χ0n) is 17.0. The molecule has 0 amide bonds. The summed E-state index contributed by atoms with van der Waals surface area (Å²) in [6.07, 6.45) is 2.93. The van der Waals surface area contributed by atoms with E-state index in [-0.39, 0.29) is 6.10 Å². The second-order valence-electron chi connectivity index (χ2n) is 7.90. The third kappa shape index (κ3) is 5.66. The fraction of sp³-hybridized carbons (Fsp3) is 0.565. The van der Waals surface area contributed by atoms with Gasteiger partial charge in [-0.25, -0.2) is 0 Å². The quantitative estimate of drug-likeness (QED) is 0.658. The molecule has 2 aliphatic rings. The van der Waals surface area contributed by atoms with Gasteiger partial charge in [0.1, 0.15) is 0 Å². The lowest BCUT2D eigenvalue weighted by Gasteiger charge is -2.34. The Morgan fingerprint density at radius 3 is 2.86 bits per heavy atom. The number of nitrogens with one attached hydrogen (secondary N) is 1. The van der Waals surface area contributed by atoms with E-state index in [1.54, 1.807) is 11.3 Å². The lowest BCUT2D eigenvalue weighted by atomic mass is 9.89. The number of fused-ring (bicyclic) bond motifs is 1. The molecule has 6 heteroatoms. The molecule has 1 aromatic heterocycles. The van der Waals surface area contributed by atoms with Gasteiger partial charge in [-0.15, -0.1) is 11.3 Å². The summed E-state index contributed by atoms with van der Waals surface area (Å²) in [5.74, 6) is 0. The number of aryl methyl sites for hydroxylation is 1. The Morgan fingerprint density at radius 1 is 1.17 bits per heavy atom. The van der Waals surface area contributed by atoms with Crippen LogP contribution < -0.4 is 5.32 Å². The smallest absolute Gasteiger partial charge is 0.0897 e. The zero-order chi connectivity index (χ0) is 19.9. The van der Waals surface area contributed by atoms with Gasteiger partial charge >= 0.3 is 0 Å². The van der Waals surface area contributed by atoms with Crippen molar-refractivity contribution in [1.82, 2.24) is 10.2 Å². The minimum atomic E-state index is -0.502. The maximum Gasteiger partial charge on any atom is 0.0897 e. The first-order chi connectivity index (χ1) is 14.3. The molecule has 4 rings (SSSR count). The van der Waals surface area contributed by atoms with Crippen LogP contribution in [0, 0.1) is 0 Å². The van der Waals surface area contributed by atoms with Crippen LogP contribution in [0.1, 0.15) is 41.0 Å². The maximum absolute atomic E-state index is 10.5. The number of hydrogen-bond acceptors (Lipinski definition) is 6. The summed E-state index contributed by atoms with van der Waals surface area (Å²) in [5.41, 5.74) is 2.68. The molecule has 1 aliphatic carbocycles. The molecule has 3 unspecified atom stereocenters. The summed E-state index contributed by atoms with van der Waals surface area (Å²) in [5, 5.41) is 16.1. The molecule has 0 bridgehead atoms. The summed E-state index contributed by atoms with van der Waals surface area (Å²) in [4.78, 5) is 3.84. The summed E-state index contributed by atoms with van der Waals surface area (Å²) >= 11 is 1.80. The molecule has 1 aromatic carbocycles. The minimum absolute atomic E-state index is 0.113. The van der Waals surface area contributed by atoms with Gasteiger partial charge in [0.05, 0.1) is 38.1 Å². The van der Waals surface area contributed by atoms with E-state index in [0.717, 1.165) is 52.1 Å². The van der Waals surface area contributed by atoms with E-state index in [1.807, 2.05) is 0 Å². The Kier molecular flexibility index (Phi) is 7.71. The Morgan fingerprint density at radius 2 is 2.03 bits per heavy atom. The van der Waals surface area contributed by atoms with Crippen LogP contribution in [0.25, 0.3) is 0 Å². The van der Waals surface area contributed by atoms with Gasteiger partial charge in [-0.2, -0.15) is 0 Å². The van der Waals surface area contributed by atoms with Crippen molar-refractivity contribution in [3.8, 4) is 0 Å². The van der Waals surface area contributed by atoms with E-state index in [4.69, 9.17) is 9.47 Å². The highest BCUT2D eigenvalue weighted by Crippen LogP contribution is 2.32. The van der Waals surface area contributed by atoms with E-state index in [9.17, 15) is 5.11 Å². The largest absolute Gasteiger partial charge is 0.389 e. The van der Waals surface area contributed by atoms with Gasteiger partial charge in [0.25, 0.3) is 0 Å². The Labute approximate surface area is 177 Å². The monoisotopic (exact) mass is 416 g/mol. The van der Waals surface area contributed by atoms with Gasteiger partial charge in [-0.1, -0.05) is 30.3 Å². The summed E-state index contributed by atoms with van der Waals surface area (Å²) in [7, 11) is 0. The van der Waals surface area contributed by atoms with Crippen LogP contribution in [0.15, 0.2) is 41.8 Å². The van der Waals surface area contributed by atoms with Crippen LogP contribution in [0.2, 0.25) is 0 Å². The van der Waals surface area contributed by atoms with Crippen molar-refractivity contribution in [3.63, 3.8) is 0 Å². The summed E-state index contributed by atoms with van der Waals surface area (Å²) in [6.45, 7) is 5.23. The highest BCUT2D eigenvalue weighted by molar-refractivity contribution is 7.10. The van der Waals surface area contributed by atoms with Crippen molar-refractivity contribution in [2.45, 2.75) is 37.5 Å². The van der Waals surface area contributed by atoms with Crippen LogP contribution in [0.3, 0.4) is 0 Å². The number of nitrogens with zero attached hydrogens (tertiary/aromatic N) is 1. The first kappa shape index (κ1) is 21.0.